The van der Waals surface area contributed by atoms with Gasteiger partial charge in [0.2, 0.25) is 0 Å². The molecule has 0 radical (unpaired) electrons. The number of hydrogen-bond acceptors (Lipinski definition) is 2. The van der Waals surface area contributed by atoms with Crippen molar-refractivity contribution in [3.8, 4) is 0 Å². The largest absolute Gasteiger partial charge is 0.473 e. The molecule has 0 saturated heterocycles. The molecule has 1 rings (SSSR count). The Morgan fingerprint density at radius 1 is 1.75 bits per heavy atom. The highest BCUT2D eigenvalue weighted by atomic mass is 32.1. The molecule has 3 nitrogen and oxygen atoms in total. The molecule has 66 valence electrons. The van der Waals surface area contributed by atoms with Crippen LogP contribution < -0.4 is 4.57 Å². The van der Waals surface area contributed by atoms with Crippen molar-refractivity contribution < 1.29 is 14.5 Å². The number of aromatic carboxylic acids is 1. The van der Waals surface area contributed by atoms with Crippen LogP contribution in [0.3, 0.4) is 0 Å². The summed E-state index contributed by atoms with van der Waals surface area (Å²) in [6, 6.07) is 0. The quantitative estimate of drug-likeness (QED) is 0.724. The van der Waals surface area contributed by atoms with Gasteiger partial charge in [0.05, 0.1) is 5.38 Å². The van der Waals surface area contributed by atoms with E-state index in [1.54, 1.807) is 9.95 Å². The third-order valence-corrected chi connectivity index (χ3v) is 2.51. The fraction of sp³-hybridized carbons (Fsp3) is 0.500. The molecular formula is C8H12NO2S+. The lowest BCUT2D eigenvalue weighted by molar-refractivity contribution is -0.694. The molecule has 0 aliphatic carbocycles. The first-order chi connectivity index (χ1) is 5.75. The fourth-order valence-electron chi connectivity index (χ4n) is 0.982. The Morgan fingerprint density at radius 2 is 2.50 bits per heavy atom. The maximum atomic E-state index is 10.6. The van der Waals surface area contributed by atoms with E-state index in [1.807, 2.05) is 6.20 Å². The van der Waals surface area contributed by atoms with Gasteiger partial charge in [-0.15, -0.1) is 0 Å². The zero-order chi connectivity index (χ0) is 8.97. The number of nitrogens with zero attached hydrogens (tertiary/aromatic N) is 1. The topological polar surface area (TPSA) is 41.2 Å². The van der Waals surface area contributed by atoms with Crippen LogP contribution in [-0.2, 0) is 6.54 Å². The molecular weight excluding hydrogens is 174 g/mol. The van der Waals surface area contributed by atoms with Crippen LogP contribution in [-0.4, -0.2) is 11.1 Å². The Kier molecular flexibility index (Phi) is 3.22. The van der Waals surface area contributed by atoms with Crippen LogP contribution >= 0.6 is 11.3 Å². The Balaban J connectivity index is 2.70. The summed E-state index contributed by atoms with van der Waals surface area (Å²) in [5, 5.41) is 11.0. The SMILES string of the molecule is CCCC[n+]1ccsc1C(=O)O. The van der Waals surface area contributed by atoms with Crippen molar-refractivity contribution in [1.29, 1.82) is 0 Å². The van der Waals surface area contributed by atoms with Gasteiger partial charge in [-0.25, -0.2) is 4.79 Å². The van der Waals surface area contributed by atoms with Crippen LogP contribution in [0.5, 0.6) is 0 Å². The molecule has 0 atom stereocenters. The van der Waals surface area contributed by atoms with E-state index < -0.39 is 5.97 Å². The maximum absolute atomic E-state index is 10.6. The molecule has 1 heterocycles. The van der Waals surface area contributed by atoms with Crippen molar-refractivity contribution in [2.75, 3.05) is 0 Å². The van der Waals surface area contributed by atoms with E-state index >= 15 is 0 Å². The predicted octanol–water partition coefficient (Wildman–Crippen LogP) is 1.53. The minimum Gasteiger partial charge on any atom is -0.473 e. The molecule has 0 aliphatic rings. The number of thiazole rings is 1. The van der Waals surface area contributed by atoms with Crippen LogP contribution in [0.15, 0.2) is 11.6 Å². The zero-order valence-corrected chi connectivity index (χ0v) is 7.80. The van der Waals surface area contributed by atoms with E-state index in [9.17, 15) is 4.79 Å². The highest BCUT2D eigenvalue weighted by molar-refractivity contribution is 7.11. The van der Waals surface area contributed by atoms with Crippen molar-refractivity contribution in [2.45, 2.75) is 26.3 Å². The second-order valence-corrected chi connectivity index (χ2v) is 3.45. The standard InChI is InChI=1S/C8H11NO2S/c1-2-3-4-9-5-6-12-7(9)8(10)11/h5-6H,2-4H2,1H3/p+1. The second kappa shape index (κ2) is 4.21. The number of unbranched alkanes of at least 4 members (excludes halogenated alkanes) is 1. The van der Waals surface area contributed by atoms with Gasteiger partial charge in [0.15, 0.2) is 6.20 Å². The minimum atomic E-state index is -0.832. The number of carboxylic acid groups (broad SMARTS) is 1. The maximum Gasteiger partial charge on any atom is 0.412 e. The van der Waals surface area contributed by atoms with E-state index in [-0.39, 0.29) is 0 Å². The van der Waals surface area contributed by atoms with Crippen LogP contribution in [0.4, 0.5) is 0 Å². The predicted molar refractivity (Wildman–Crippen MR) is 46.4 cm³/mol. The van der Waals surface area contributed by atoms with E-state index in [2.05, 4.69) is 6.92 Å². The number of aryl methyl sites for hydroxylation is 1. The van der Waals surface area contributed by atoms with Crippen molar-refractivity contribution >= 4 is 17.3 Å². The van der Waals surface area contributed by atoms with Crippen molar-refractivity contribution in [3.05, 3.63) is 16.6 Å². The molecule has 0 aromatic carbocycles. The number of rotatable bonds is 4. The third kappa shape index (κ3) is 2.04. The van der Waals surface area contributed by atoms with E-state index in [4.69, 9.17) is 5.11 Å². The highest BCUT2D eigenvalue weighted by Gasteiger charge is 2.18. The van der Waals surface area contributed by atoms with Gasteiger partial charge < -0.3 is 5.11 Å². The summed E-state index contributed by atoms with van der Waals surface area (Å²) >= 11 is 1.27. The van der Waals surface area contributed by atoms with Gasteiger partial charge in [-0.2, -0.15) is 4.57 Å². The van der Waals surface area contributed by atoms with Crippen LogP contribution in [0, 0.1) is 0 Å². The summed E-state index contributed by atoms with van der Waals surface area (Å²) in [5.41, 5.74) is 0. The van der Waals surface area contributed by atoms with Gasteiger partial charge in [-0.05, 0) is 0 Å². The lowest BCUT2D eigenvalue weighted by Gasteiger charge is -1.91. The number of carbonyl (C=O) groups is 1. The van der Waals surface area contributed by atoms with Crippen molar-refractivity contribution in [1.82, 2.24) is 0 Å². The Hall–Kier alpha value is -0.900. The van der Waals surface area contributed by atoms with Gasteiger partial charge >= 0.3 is 11.0 Å². The molecule has 0 spiro atoms. The minimum absolute atomic E-state index is 0.420. The third-order valence-electron chi connectivity index (χ3n) is 1.62. The Morgan fingerprint density at radius 3 is 3.08 bits per heavy atom. The first-order valence-electron chi connectivity index (χ1n) is 3.96. The van der Waals surface area contributed by atoms with Gasteiger partial charge in [0, 0.05) is 6.42 Å². The molecule has 12 heavy (non-hydrogen) atoms. The average Bonchev–Trinajstić information content (AvgIpc) is 2.48. The van der Waals surface area contributed by atoms with E-state index in [0.29, 0.717) is 5.01 Å². The number of aromatic nitrogens is 1. The normalized spacial score (nSPS) is 10.1. The second-order valence-electron chi connectivity index (χ2n) is 2.56. The average molecular weight is 186 g/mol. The molecule has 0 aliphatic heterocycles. The van der Waals surface area contributed by atoms with Crippen molar-refractivity contribution in [3.63, 3.8) is 0 Å². The lowest BCUT2D eigenvalue weighted by atomic mass is 10.3. The van der Waals surface area contributed by atoms with Gasteiger partial charge in [-0.3, -0.25) is 0 Å². The smallest absolute Gasteiger partial charge is 0.412 e. The molecule has 1 N–H and O–H groups in total. The molecule has 0 saturated carbocycles. The molecule has 0 unspecified atom stereocenters. The zero-order valence-electron chi connectivity index (χ0n) is 6.99. The lowest BCUT2D eigenvalue weighted by Crippen LogP contribution is -2.37. The Labute approximate surface area is 75.3 Å². The van der Waals surface area contributed by atoms with E-state index in [1.165, 1.54) is 11.3 Å². The fourth-order valence-corrected chi connectivity index (χ4v) is 1.71. The molecule has 0 fully saturated rings. The summed E-state index contributed by atoms with van der Waals surface area (Å²) < 4.78 is 1.79. The summed E-state index contributed by atoms with van der Waals surface area (Å²) in [6.45, 7) is 2.90. The first kappa shape index (κ1) is 9.19. The molecule has 0 amide bonds. The van der Waals surface area contributed by atoms with Gasteiger partial charge in [-0.1, -0.05) is 24.7 Å². The number of hydrogen-bond donors (Lipinski definition) is 1. The Bertz CT molecular complexity index is 270. The van der Waals surface area contributed by atoms with Crippen LogP contribution in [0.25, 0.3) is 0 Å². The summed E-state index contributed by atoms with van der Waals surface area (Å²) in [6.07, 6.45) is 3.94. The number of carboxylic acids is 1. The van der Waals surface area contributed by atoms with Gasteiger partial charge in [0.1, 0.15) is 6.54 Å². The molecule has 1 aromatic heterocycles. The monoisotopic (exact) mass is 186 g/mol. The molecule has 1 aromatic rings. The van der Waals surface area contributed by atoms with Crippen LogP contribution in [0.1, 0.15) is 29.6 Å². The summed E-state index contributed by atoms with van der Waals surface area (Å²) in [5.74, 6) is -0.832. The van der Waals surface area contributed by atoms with Crippen LogP contribution in [0.2, 0.25) is 0 Å². The summed E-state index contributed by atoms with van der Waals surface area (Å²) in [7, 11) is 0. The van der Waals surface area contributed by atoms with Crippen molar-refractivity contribution in [2.24, 2.45) is 0 Å². The molecule has 0 bridgehead atoms. The first-order valence-corrected chi connectivity index (χ1v) is 4.84. The molecule has 4 heteroatoms. The van der Waals surface area contributed by atoms with E-state index in [0.717, 1.165) is 19.4 Å². The summed E-state index contributed by atoms with van der Waals surface area (Å²) in [4.78, 5) is 10.6. The highest BCUT2D eigenvalue weighted by Crippen LogP contribution is 2.02. The van der Waals surface area contributed by atoms with Gasteiger partial charge in [0.25, 0.3) is 0 Å².